The van der Waals surface area contributed by atoms with Crippen LogP contribution in [0.15, 0.2) is 0 Å². The van der Waals surface area contributed by atoms with Gasteiger partial charge in [-0.25, -0.2) is 0 Å². The smallest absolute Gasteiger partial charge is 0.0268 e. The Morgan fingerprint density at radius 1 is 1.38 bits per heavy atom. The molecule has 0 aromatic carbocycles. The van der Waals surface area contributed by atoms with Gasteiger partial charge in [0.25, 0.3) is 0 Å². The first-order valence-corrected chi connectivity index (χ1v) is 6.92. The van der Waals surface area contributed by atoms with Crippen LogP contribution in [0.4, 0.5) is 0 Å². The van der Waals surface area contributed by atoms with Gasteiger partial charge in [-0.1, -0.05) is 0 Å². The molecule has 0 aromatic rings. The lowest BCUT2D eigenvalue weighted by atomic mass is 10.3. The Balaban J connectivity index is 4.02. The van der Waals surface area contributed by atoms with Gasteiger partial charge in [-0.3, -0.25) is 0 Å². The highest BCUT2D eigenvalue weighted by Crippen LogP contribution is 2.68. The first-order valence-electron chi connectivity index (χ1n) is 2.60. The van der Waals surface area contributed by atoms with Gasteiger partial charge in [0.1, 0.15) is 15.5 Å². The molecule has 0 nitrogen and oxygen atoms in total. The van der Waals surface area contributed by atoms with Crippen molar-refractivity contribution in [3.8, 4) is 0 Å². The number of hydrogen-bond acceptors (Lipinski definition) is 0. The van der Waals surface area contributed by atoms with Crippen LogP contribution in [-0.2, 0) is 0 Å². The molecule has 2 radical (unpaired) electrons. The van der Waals surface area contributed by atoms with Crippen molar-refractivity contribution in [3.05, 3.63) is 0 Å². The summed E-state index contributed by atoms with van der Waals surface area (Å²) in [5.74, 6) is -1.29. The molecule has 0 saturated heterocycles. The molecule has 0 saturated carbocycles. The van der Waals surface area contributed by atoms with Crippen molar-refractivity contribution in [3.63, 3.8) is 0 Å². The largest absolute Gasteiger partial charge is 0.378 e. The molecule has 0 N–H and O–H groups in total. The maximum absolute atomic E-state index is 5.84. The molecule has 3 heteroatoms. The summed E-state index contributed by atoms with van der Waals surface area (Å²) in [5.41, 5.74) is 0. The molecule has 8 heavy (non-hydrogen) atoms. The molecule has 0 fully saturated rings. The summed E-state index contributed by atoms with van der Waals surface area (Å²) in [4.78, 5) is 0. The van der Waals surface area contributed by atoms with Crippen LogP contribution < -0.4 is 0 Å². The standard InChI is InChI=1S/C5H12BBrP/c1-5(2,3)8(4,6)7/h1-4H3/q+1. The second kappa shape index (κ2) is 2.30. The lowest BCUT2D eigenvalue weighted by Gasteiger charge is -2.25. The molecule has 0 rings (SSSR count). The fourth-order valence-electron chi connectivity index (χ4n) is 0. The third-order valence-electron chi connectivity index (χ3n) is 1.31. The zero-order valence-corrected chi connectivity index (χ0v) is 8.38. The third kappa shape index (κ3) is 2.50. The molecule has 46 valence electrons. The van der Waals surface area contributed by atoms with Crippen molar-refractivity contribution >= 4 is 28.9 Å². The van der Waals surface area contributed by atoms with E-state index in [9.17, 15) is 0 Å². The van der Waals surface area contributed by atoms with Gasteiger partial charge in [0, 0.05) is 12.5 Å². The van der Waals surface area contributed by atoms with Crippen LogP contribution in [-0.4, -0.2) is 19.4 Å². The molecule has 1 unspecified atom stereocenters. The van der Waals surface area contributed by atoms with Crippen LogP contribution in [0.5, 0.6) is 0 Å². The molecular formula is C5H12BBrP+. The van der Waals surface area contributed by atoms with Crippen LogP contribution in [0, 0.1) is 0 Å². The Kier molecular flexibility index (Phi) is 2.59. The molecule has 0 heterocycles. The van der Waals surface area contributed by atoms with Crippen LogP contribution in [0.2, 0.25) is 0 Å². The quantitative estimate of drug-likeness (QED) is 0.410. The second-order valence-electron chi connectivity index (χ2n) is 3.13. The Labute approximate surface area is 61.9 Å². The molecule has 0 aliphatic rings. The normalized spacial score (nSPS) is 20.1. The molecule has 0 aliphatic heterocycles. The van der Waals surface area contributed by atoms with Crippen molar-refractivity contribution in [2.75, 3.05) is 6.66 Å². The Hall–Kier alpha value is 0.975. The van der Waals surface area contributed by atoms with Gasteiger partial charge >= 0.3 is 7.57 Å². The molecule has 0 bridgehead atoms. The van der Waals surface area contributed by atoms with Crippen molar-refractivity contribution in [1.29, 1.82) is 0 Å². The van der Waals surface area contributed by atoms with Crippen molar-refractivity contribution < 1.29 is 0 Å². The highest BCUT2D eigenvalue weighted by atomic mass is 79.9. The average molecular weight is 194 g/mol. The minimum absolute atomic E-state index is 0.243. The van der Waals surface area contributed by atoms with E-state index in [1.54, 1.807) is 0 Å². The lowest BCUT2D eigenvalue weighted by Crippen LogP contribution is -2.14. The van der Waals surface area contributed by atoms with Crippen LogP contribution >= 0.6 is 21.3 Å². The Morgan fingerprint density at radius 3 is 1.50 bits per heavy atom. The Bertz CT molecular complexity index is 67.4. The predicted octanol–water partition coefficient (Wildman–Crippen LogP) is 2.83. The summed E-state index contributed by atoms with van der Waals surface area (Å²) in [6, 6.07) is 0. The summed E-state index contributed by atoms with van der Waals surface area (Å²) in [6.07, 6.45) is 0. The van der Waals surface area contributed by atoms with Crippen molar-refractivity contribution in [2.45, 2.75) is 25.9 Å². The van der Waals surface area contributed by atoms with Gasteiger partial charge in [0.05, 0.1) is 5.16 Å². The second-order valence-corrected chi connectivity index (χ2v) is 10.8. The first-order chi connectivity index (χ1) is 3.25. The predicted molar refractivity (Wildman–Crippen MR) is 47.3 cm³/mol. The summed E-state index contributed by atoms with van der Waals surface area (Å²) in [6.45, 7) is 8.52. The molecule has 0 spiro atoms. The molecule has 0 amide bonds. The SMILES string of the molecule is [B][P+](C)(Br)C(C)(C)C. The van der Waals surface area contributed by atoms with E-state index in [1.807, 2.05) is 0 Å². The minimum atomic E-state index is -1.29. The lowest BCUT2D eigenvalue weighted by molar-refractivity contribution is 0.792. The van der Waals surface area contributed by atoms with E-state index in [1.165, 1.54) is 0 Å². The van der Waals surface area contributed by atoms with Crippen LogP contribution in [0.3, 0.4) is 0 Å². The summed E-state index contributed by atoms with van der Waals surface area (Å²) < 4.78 is 0. The van der Waals surface area contributed by atoms with Crippen molar-refractivity contribution in [2.24, 2.45) is 0 Å². The number of halogens is 1. The zero-order chi connectivity index (χ0) is 7.00. The average Bonchev–Trinajstić information content (AvgIpc) is 1.25. The topological polar surface area (TPSA) is 0 Å². The minimum Gasteiger partial charge on any atom is -0.0268 e. The van der Waals surface area contributed by atoms with E-state index < -0.39 is 5.84 Å². The van der Waals surface area contributed by atoms with Gasteiger partial charge in [-0.05, 0) is 20.8 Å². The van der Waals surface area contributed by atoms with E-state index in [4.69, 9.17) is 7.57 Å². The zero-order valence-electron chi connectivity index (χ0n) is 5.90. The van der Waals surface area contributed by atoms with Crippen LogP contribution in [0.1, 0.15) is 20.8 Å². The maximum Gasteiger partial charge on any atom is 0.378 e. The van der Waals surface area contributed by atoms with E-state index >= 15 is 0 Å². The van der Waals surface area contributed by atoms with E-state index in [-0.39, 0.29) is 5.16 Å². The number of hydrogen-bond donors (Lipinski definition) is 0. The fourth-order valence-corrected chi connectivity index (χ4v) is 0. The van der Waals surface area contributed by atoms with E-state index in [2.05, 4.69) is 42.9 Å². The third-order valence-corrected chi connectivity index (χ3v) is 7.13. The van der Waals surface area contributed by atoms with Gasteiger partial charge in [0.15, 0.2) is 0 Å². The molecule has 1 atom stereocenters. The van der Waals surface area contributed by atoms with Gasteiger partial charge in [-0.2, -0.15) is 0 Å². The first kappa shape index (κ1) is 8.97. The van der Waals surface area contributed by atoms with Crippen molar-refractivity contribution in [1.82, 2.24) is 0 Å². The number of rotatable bonds is 0. The molecule has 0 aromatic heterocycles. The van der Waals surface area contributed by atoms with E-state index in [0.29, 0.717) is 0 Å². The Morgan fingerprint density at radius 2 is 1.50 bits per heavy atom. The fraction of sp³-hybridized carbons (Fsp3) is 1.00. The van der Waals surface area contributed by atoms with E-state index in [0.717, 1.165) is 0 Å². The van der Waals surface area contributed by atoms with Gasteiger partial charge < -0.3 is 0 Å². The summed E-state index contributed by atoms with van der Waals surface area (Å²) in [7, 11) is 5.84. The van der Waals surface area contributed by atoms with Crippen LogP contribution in [0.25, 0.3) is 0 Å². The summed E-state index contributed by atoms with van der Waals surface area (Å²) in [5, 5.41) is 0.243. The summed E-state index contributed by atoms with van der Waals surface area (Å²) >= 11 is 3.49. The maximum atomic E-state index is 5.84. The molecular weight excluding hydrogens is 182 g/mol. The molecule has 0 aliphatic carbocycles. The van der Waals surface area contributed by atoms with Gasteiger partial charge in [-0.15, -0.1) is 0 Å². The monoisotopic (exact) mass is 193 g/mol. The highest BCUT2D eigenvalue weighted by Gasteiger charge is 2.37. The highest BCUT2D eigenvalue weighted by molar-refractivity contribution is 9.44. The van der Waals surface area contributed by atoms with Gasteiger partial charge in [0.2, 0.25) is 0 Å².